The van der Waals surface area contributed by atoms with Gasteiger partial charge in [-0.25, -0.2) is 13.1 Å². The largest absolute Gasteiger partial charge is 0.395 e. The summed E-state index contributed by atoms with van der Waals surface area (Å²) in [7, 11) is -3.38. The Balaban J connectivity index is 3.58. The van der Waals surface area contributed by atoms with Gasteiger partial charge in [-0.1, -0.05) is 13.3 Å². The summed E-state index contributed by atoms with van der Waals surface area (Å²) in [4.78, 5) is 0. The quantitative estimate of drug-likeness (QED) is 0.560. The molecule has 0 radical (unpaired) electrons. The van der Waals surface area contributed by atoms with E-state index in [4.69, 9.17) is 9.84 Å². The number of hydrogen-bond donors (Lipinski definition) is 2. The van der Waals surface area contributed by atoms with Crippen LogP contribution in [0.15, 0.2) is 0 Å². The van der Waals surface area contributed by atoms with Crippen LogP contribution in [0.2, 0.25) is 0 Å². The topological polar surface area (TPSA) is 75.6 Å². The van der Waals surface area contributed by atoms with Crippen LogP contribution in [0.5, 0.6) is 0 Å². The monoisotopic (exact) mass is 239 g/mol. The Kier molecular flexibility index (Phi) is 7.95. The average Bonchev–Trinajstić information content (AvgIpc) is 2.22. The highest BCUT2D eigenvalue weighted by molar-refractivity contribution is 7.90. The van der Waals surface area contributed by atoms with Crippen molar-refractivity contribution in [2.24, 2.45) is 0 Å². The lowest BCUT2D eigenvalue weighted by Crippen LogP contribution is -2.36. The molecule has 0 aromatic rings. The second-order valence-corrected chi connectivity index (χ2v) is 5.58. The fraction of sp³-hybridized carbons (Fsp3) is 1.00. The Morgan fingerprint density at radius 1 is 1.40 bits per heavy atom. The molecule has 92 valence electrons. The Morgan fingerprint density at radius 2 is 2.07 bits per heavy atom. The molecule has 0 aliphatic rings. The summed E-state index contributed by atoms with van der Waals surface area (Å²) in [5.41, 5.74) is 0. The Hall–Kier alpha value is -0.170. The van der Waals surface area contributed by atoms with Crippen molar-refractivity contribution >= 4 is 10.0 Å². The van der Waals surface area contributed by atoms with Crippen molar-refractivity contribution in [2.75, 3.05) is 26.4 Å². The van der Waals surface area contributed by atoms with E-state index in [0.717, 1.165) is 12.8 Å². The van der Waals surface area contributed by atoms with E-state index in [1.165, 1.54) is 6.92 Å². The highest BCUT2D eigenvalue weighted by Gasteiger charge is 2.18. The fourth-order valence-corrected chi connectivity index (χ4v) is 1.69. The van der Waals surface area contributed by atoms with Crippen LogP contribution < -0.4 is 4.72 Å². The summed E-state index contributed by atoms with van der Waals surface area (Å²) in [6.07, 6.45) is 2.05. The SMILES string of the molecule is CCCCOCCNS(=O)(=O)C(C)CO. The number of ether oxygens (including phenoxy) is 1. The zero-order valence-corrected chi connectivity index (χ0v) is 10.2. The molecule has 15 heavy (non-hydrogen) atoms. The molecule has 0 aromatic carbocycles. The van der Waals surface area contributed by atoms with Crippen LogP contribution in [-0.2, 0) is 14.8 Å². The molecular weight excluding hydrogens is 218 g/mol. The maximum atomic E-state index is 11.3. The third-order valence-electron chi connectivity index (χ3n) is 1.98. The van der Waals surface area contributed by atoms with Crippen LogP contribution in [0.3, 0.4) is 0 Å². The van der Waals surface area contributed by atoms with Gasteiger partial charge < -0.3 is 9.84 Å². The maximum absolute atomic E-state index is 11.3. The molecule has 1 unspecified atom stereocenters. The van der Waals surface area contributed by atoms with E-state index < -0.39 is 15.3 Å². The third kappa shape index (κ3) is 6.83. The molecule has 0 aromatic heterocycles. The molecular formula is C9H21NO4S. The molecule has 2 N–H and O–H groups in total. The lowest BCUT2D eigenvalue weighted by atomic mass is 10.4. The smallest absolute Gasteiger partial charge is 0.216 e. The normalized spacial score (nSPS) is 14.1. The van der Waals surface area contributed by atoms with Crippen molar-refractivity contribution < 1.29 is 18.3 Å². The first-order valence-electron chi connectivity index (χ1n) is 5.21. The molecule has 0 bridgehead atoms. The molecule has 0 saturated carbocycles. The highest BCUT2D eigenvalue weighted by atomic mass is 32.2. The zero-order chi connectivity index (χ0) is 11.7. The standard InChI is InChI=1S/C9H21NO4S/c1-3-4-6-14-7-5-10-15(12,13)9(2)8-11/h9-11H,3-8H2,1-2H3. The first kappa shape index (κ1) is 14.8. The summed E-state index contributed by atoms with van der Waals surface area (Å²) < 4.78 is 30.2. The highest BCUT2D eigenvalue weighted by Crippen LogP contribution is 1.95. The van der Waals surface area contributed by atoms with Gasteiger partial charge in [0.15, 0.2) is 0 Å². The minimum atomic E-state index is -3.38. The van der Waals surface area contributed by atoms with Crippen molar-refractivity contribution in [2.45, 2.75) is 31.9 Å². The molecule has 5 nitrogen and oxygen atoms in total. The van der Waals surface area contributed by atoms with Crippen LogP contribution in [0.4, 0.5) is 0 Å². The minimum absolute atomic E-state index is 0.260. The number of nitrogens with one attached hydrogen (secondary N) is 1. The van der Waals surface area contributed by atoms with E-state index in [9.17, 15) is 8.42 Å². The molecule has 0 aliphatic carbocycles. The van der Waals surface area contributed by atoms with Gasteiger partial charge in [-0.15, -0.1) is 0 Å². The van der Waals surface area contributed by atoms with Gasteiger partial charge in [0, 0.05) is 13.2 Å². The number of sulfonamides is 1. The molecule has 0 fully saturated rings. The van der Waals surface area contributed by atoms with Gasteiger partial charge in [-0.05, 0) is 13.3 Å². The lowest BCUT2D eigenvalue weighted by Gasteiger charge is -2.11. The van der Waals surface area contributed by atoms with E-state index >= 15 is 0 Å². The second kappa shape index (κ2) is 8.04. The van der Waals surface area contributed by atoms with Crippen molar-refractivity contribution in [3.05, 3.63) is 0 Å². The van der Waals surface area contributed by atoms with E-state index in [0.29, 0.717) is 13.2 Å². The number of aliphatic hydroxyl groups excluding tert-OH is 1. The van der Waals surface area contributed by atoms with E-state index in [1.54, 1.807) is 0 Å². The van der Waals surface area contributed by atoms with Crippen LogP contribution in [0.1, 0.15) is 26.7 Å². The van der Waals surface area contributed by atoms with Crippen LogP contribution in [0, 0.1) is 0 Å². The number of unbranched alkanes of at least 4 members (excludes halogenated alkanes) is 1. The summed E-state index contributed by atoms with van der Waals surface area (Å²) in [5.74, 6) is 0. The second-order valence-electron chi connectivity index (χ2n) is 3.40. The fourth-order valence-electron chi connectivity index (χ4n) is 0.845. The Morgan fingerprint density at radius 3 is 2.60 bits per heavy atom. The average molecular weight is 239 g/mol. The molecule has 0 spiro atoms. The van der Waals surface area contributed by atoms with E-state index in [2.05, 4.69) is 11.6 Å². The van der Waals surface area contributed by atoms with Crippen molar-refractivity contribution in [1.29, 1.82) is 0 Å². The van der Waals surface area contributed by atoms with Gasteiger partial charge in [-0.3, -0.25) is 0 Å². The number of rotatable bonds is 9. The predicted molar refractivity (Wildman–Crippen MR) is 59.2 cm³/mol. The van der Waals surface area contributed by atoms with Crippen molar-refractivity contribution in [3.63, 3.8) is 0 Å². The first-order chi connectivity index (χ1) is 7.04. The van der Waals surface area contributed by atoms with Gasteiger partial charge in [0.25, 0.3) is 0 Å². The summed E-state index contributed by atoms with van der Waals surface area (Å²) in [6, 6.07) is 0. The molecule has 0 aliphatic heterocycles. The van der Waals surface area contributed by atoms with Crippen LogP contribution in [-0.4, -0.2) is 45.1 Å². The van der Waals surface area contributed by atoms with E-state index in [-0.39, 0.29) is 13.2 Å². The molecule has 0 rings (SSSR count). The van der Waals surface area contributed by atoms with Crippen LogP contribution >= 0.6 is 0 Å². The summed E-state index contributed by atoms with van der Waals surface area (Å²) in [5, 5.41) is 7.92. The molecule has 1 atom stereocenters. The Bertz CT molecular complexity index is 240. The summed E-state index contributed by atoms with van der Waals surface area (Å²) in [6.45, 7) is 4.45. The van der Waals surface area contributed by atoms with Gasteiger partial charge in [0.05, 0.1) is 18.5 Å². The molecule has 0 amide bonds. The van der Waals surface area contributed by atoms with Gasteiger partial charge in [-0.2, -0.15) is 0 Å². The third-order valence-corrected chi connectivity index (χ3v) is 3.79. The summed E-state index contributed by atoms with van der Waals surface area (Å²) >= 11 is 0. The lowest BCUT2D eigenvalue weighted by molar-refractivity contribution is 0.136. The zero-order valence-electron chi connectivity index (χ0n) is 9.40. The van der Waals surface area contributed by atoms with Gasteiger partial charge in [0.2, 0.25) is 10.0 Å². The first-order valence-corrected chi connectivity index (χ1v) is 6.76. The van der Waals surface area contributed by atoms with Crippen LogP contribution in [0.25, 0.3) is 0 Å². The Labute approximate surface area is 91.9 Å². The van der Waals surface area contributed by atoms with Gasteiger partial charge >= 0.3 is 0 Å². The number of hydrogen-bond acceptors (Lipinski definition) is 4. The predicted octanol–water partition coefficient (Wildman–Crippen LogP) is 0.103. The van der Waals surface area contributed by atoms with Crippen molar-refractivity contribution in [3.8, 4) is 0 Å². The van der Waals surface area contributed by atoms with Crippen molar-refractivity contribution in [1.82, 2.24) is 4.72 Å². The minimum Gasteiger partial charge on any atom is -0.395 e. The maximum Gasteiger partial charge on any atom is 0.216 e. The van der Waals surface area contributed by atoms with Gasteiger partial charge in [0.1, 0.15) is 0 Å². The molecule has 0 heterocycles. The van der Waals surface area contributed by atoms with E-state index in [1.807, 2.05) is 0 Å². The number of aliphatic hydroxyl groups is 1. The molecule has 0 saturated heterocycles. The molecule has 6 heteroatoms.